The van der Waals surface area contributed by atoms with Crippen molar-refractivity contribution in [2.24, 2.45) is 0 Å². The number of hydrogen-bond donors (Lipinski definition) is 3. The van der Waals surface area contributed by atoms with Crippen LogP contribution < -0.4 is 21.5 Å². The Hall–Kier alpha value is -2.71. The topological polar surface area (TPSA) is 104 Å². The van der Waals surface area contributed by atoms with E-state index < -0.39 is 11.7 Å². The molecule has 34 heavy (non-hydrogen) atoms. The number of rotatable bonds is 6. The van der Waals surface area contributed by atoms with Gasteiger partial charge in [-0.1, -0.05) is 43.6 Å². The fourth-order valence-corrected chi connectivity index (χ4v) is 4.06. The van der Waals surface area contributed by atoms with Gasteiger partial charge in [0.25, 0.3) is 5.56 Å². The number of ether oxygens (including phenoxy) is 1. The molecule has 3 rings (SSSR count). The van der Waals surface area contributed by atoms with Gasteiger partial charge in [-0.3, -0.25) is 9.69 Å². The molecule has 1 aromatic carbocycles. The van der Waals surface area contributed by atoms with Crippen LogP contribution in [-0.4, -0.2) is 47.4 Å². The number of amides is 1. The Balaban J connectivity index is 0.00000199. The summed E-state index contributed by atoms with van der Waals surface area (Å²) in [7, 11) is 0. The fraction of sp³-hybridized carbons (Fsp3) is 0.520. The highest BCUT2D eigenvalue weighted by atomic mass is 35.5. The molecule has 0 aliphatic carbocycles. The van der Waals surface area contributed by atoms with Crippen molar-refractivity contribution in [2.75, 3.05) is 30.4 Å². The molecule has 1 aliphatic heterocycles. The van der Waals surface area contributed by atoms with Gasteiger partial charge in [-0.15, -0.1) is 0 Å². The number of alkyl carbamates (subject to hydrolysis) is 1. The van der Waals surface area contributed by atoms with Gasteiger partial charge in [0.15, 0.2) is 0 Å². The normalized spacial score (nSPS) is 16.2. The quantitative estimate of drug-likeness (QED) is 0.546. The molecule has 4 N–H and O–H groups in total. The zero-order valence-electron chi connectivity index (χ0n) is 20.9. The monoisotopic (exact) mass is 491 g/mol. The summed E-state index contributed by atoms with van der Waals surface area (Å²) in [4.78, 5) is 31.7. The number of likely N-dealkylation sites (tertiary alicyclic amines) is 1. The van der Waals surface area contributed by atoms with Gasteiger partial charge in [-0.05, 0) is 57.9 Å². The molecule has 1 saturated heterocycles. The van der Waals surface area contributed by atoms with Crippen LogP contribution in [0, 0.1) is 0 Å². The zero-order chi connectivity index (χ0) is 25.3. The number of halogens is 1. The van der Waals surface area contributed by atoms with E-state index in [0.29, 0.717) is 36.2 Å². The van der Waals surface area contributed by atoms with Gasteiger partial charge in [0.05, 0.1) is 12.4 Å². The molecule has 2 aromatic rings. The number of aromatic amines is 1. The third kappa shape index (κ3) is 8.25. The number of piperidine rings is 1. The van der Waals surface area contributed by atoms with E-state index in [9.17, 15) is 9.59 Å². The number of carbonyl (C=O) groups excluding carboxylic acids is 1. The van der Waals surface area contributed by atoms with E-state index in [4.69, 9.17) is 22.1 Å². The fourth-order valence-electron chi connectivity index (χ4n) is 3.86. The lowest BCUT2D eigenvalue weighted by molar-refractivity contribution is 0.0472. The maximum Gasteiger partial charge on any atom is 0.407 e. The van der Waals surface area contributed by atoms with Crippen molar-refractivity contribution >= 4 is 29.1 Å². The Bertz CT molecular complexity index is 989. The predicted octanol–water partition coefficient (Wildman–Crippen LogP) is 4.59. The first-order valence-corrected chi connectivity index (χ1v) is 12.2. The maximum atomic E-state index is 12.6. The second kappa shape index (κ2) is 12.7. The van der Waals surface area contributed by atoms with Gasteiger partial charge >= 0.3 is 6.09 Å². The van der Waals surface area contributed by atoms with Crippen molar-refractivity contribution in [3.63, 3.8) is 0 Å². The van der Waals surface area contributed by atoms with Crippen LogP contribution in [0.25, 0.3) is 0 Å². The lowest BCUT2D eigenvalue weighted by atomic mass is 10.1. The van der Waals surface area contributed by atoms with Crippen molar-refractivity contribution < 1.29 is 9.53 Å². The van der Waals surface area contributed by atoms with Crippen LogP contribution in [0.15, 0.2) is 41.3 Å². The number of aromatic nitrogens is 1. The molecule has 1 fully saturated rings. The summed E-state index contributed by atoms with van der Waals surface area (Å²) in [5.41, 5.74) is 7.10. The van der Waals surface area contributed by atoms with Crippen LogP contribution in [0.1, 0.15) is 53.0 Å². The summed E-state index contributed by atoms with van der Waals surface area (Å²) in [6, 6.07) is 9.20. The molecule has 8 nitrogen and oxygen atoms in total. The number of carbonyl (C=O) groups is 1. The highest BCUT2D eigenvalue weighted by molar-refractivity contribution is 6.31. The smallest absolute Gasteiger partial charge is 0.407 e. The average molecular weight is 492 g/mol. The number of anilines is 2. The first-order valence-electron chi connectivity index (χ1n) is 11.8. The standard InChI is InChI=1S/C23H32ClN5O3.C2H6/c1-23(2,3)32-22(31)27-17-8-6-12-28(14-17)15-29(13-16-7-4-5-9-18(16)24)20-19(25)10-11-26-21(20)30;1-2/h4-5,7,9-11,17H,6,8,12-15H2,1-3H3,(H,27,31)(H3,25,26,30);1-2H3. The van der Waals surface area contributed by atoms with Crippen molar-refractivity contribution in [2.45, 2.75) is 65.6 Å². The van der Waals surface area contributed by atoms with Gasteiger partial charge in [-0.2, -0.15) is 0 Å². The van der Waals surface area contributed by atoms with Crippen LogP contribution in [0.2, 0.25) is 5.02 Å². The molecular formula is C25H38ClN5O3. The number of nitrogens with zero attached hydrogens (tertiary/aromatic N) is 2. The number of H-pyrrole nitrogens is 1. The minimum absolute atomic E-state index is 0.0350. The number of pyridine rings is 1. The highest BCUT2D eigenvalue weighted by Gasteiger charge is 2.26. The lowest BCUT2D eigenvalue weighted by Gasteiger charge is -2.37. The number of nitrogen functional groups attached to an aromatic ring is 1. The number of benzene rings is 1. The molecule has 1 atom stereocenters. The molecule has 0 spiro atoms. The summed E-state index contributed by atoms with van der Waals surface area (Å²) >= 11 is 6.39. The van der Waals surface area contributed by atoms with Crippen LogP contribution in [-0.2, 0) is 11.3 Å². The van der Waals surface area contributed by atoms with E-state index in [1.54, 1.807) is 6.07 Å². The van der Waals surface area contributed by atoms with Gasteiger partial charge in [0.2, 0.25) is 0 Å². The third-order valence-corrected chi connectivity index (χ3v) is 5.57. The van der Waals surface area contributed by atoms with Crippen LogP contribution >= 0.6 is 11.6 Å². The molecule has 1 aromatic heterocycles. The molecule has 0 radical (unpaired) electrons. The molecular weight excluding hydrogens is 454 g/mol. The van der Waals surface area contributed by atoms with Crippen molar-refractivity contribution in [3.8, 4) is 0 Å². The van der Waals surface area contributed by atoms with Crippen molar-refractivity contribution in [1.82, 2.24) is 15.2 Å². The molecule has 0 saturated carbocycles. The van der Waals surface area contributed by atoms with Gasteiger partial charge < -0.3 is 25.7 Å². The molecule has 9 heteroatoms. The van der Waals surface area contributed by atoms with Gasteiger partial charge in [-0.25, -0.2) is 4.79 Å². The SMILES string of the molecule is CC.CC(C)(C)OC(=O)NC1CCCN(CN(Cc2ccccc2Cl)c2c(N)cc[nH]c2=O)C1. The second-order valence-electron chi connectivity index (χ2n) is 9.10. The van der Waals surface area contributed by atoms with Crippen LogP contribution in [0.3, 0.4) is 0 Å². The van der Waals surface area contributed by atoms with E-state index in [2.05, 4.69) is 15.2 Å². The Labute approximate surface area is 207 Å². The maximum absolute atomic E-state index is 12.6. The van der Waals surface area contributed by atoms with E-state index in [1.807, 2.05) is 63.8 Å². The van der Waals surface area contributed by atoms with Gasteiger partial charge in [0, 0.05) is 30.4 Å². The Morgan fingerprint density at radius 2 is 2.00 bits per heavy atom. The predicted molar refractivity (Wildman–Crippen MR) is 139 cm³/mol. The first kappa shape index (κ1) is 27.5. The lowest BCUT2D eigenvalue weighted by Crippen LogP contribution is -2.51. The number of nitrogens with one attached hydrogen (secondary N) is 2. The Kier molecular flexibility index (Phi) is 10.3. The molecule has 1 amide bonds. The van der Waals surface area contributed by atoms with E-state index >= 15 is 0 Å². The third-order valence-electron chi connectivity index (χ3n) is 5.20. The molecule has 1 unspecified atom stereocenters. The van der Waals surface area contributed by atoms with E-state index in [1.165, 1.54) is 6.20 Å². The molecule has 1 aliphatic rings. The summed E-state index contributed by atoms with van der Waals surface area (Å²) in [6.07, 6.45) is 2.91. The summed E-state index contributed by atoms with van der Waals surface area (Å²) in [5, 5.41) is 3.60. The van der Waals surface area contributed by atoms with E-state index in [0.717, 1.165) is 24.9 Å². The minimum atomic E-state index is -0.546. The van der Waals surface area contributed by atoms with E-state index in [-0.39, 0.29) is 11.6 Å². The van der Waals surface area contributed by atoms with Crippen molar-refractivity contribution in [3.05, 3.63) is 57.5 Å². The summed E-state index contributed by atoms with van der Waals surface area (Å²) in [5.74, 6) is 0. The average Bonchev–Trinajstić information content (AvgIpc) is 2.75. The number of nitrogens with two attached hydrogens (primary N) is 1. The highest BCUT2D eigenvalue weighted by Crippen LogP contribution is 2.24. The van der Waals surface area contributed by atoms with Crippen LogP contribution in [0.4, 0.5) is 16.2 Å². The zero-order valence-corrected chi connectivity index (χ0v) is 21.6. The number of hydrogen-bond acceptors (Lipinski definition) is 6. The molecule has 188 valence electrons. The largest absolute Gasteiger partial charge is 0.444 e. The summed E-state index contributed by atoms with van der Waals surface area (Å²) in [6.45, 7) is 11.9. The van der Waals surface area contributed by atoms with Crippen molar-refractivity contribution in [1.29, 1.82) is 0 Å². The summed E-state index contributed by atoms with van der Waals surface area (Å²) < 4.78 is 5.39. The van der Waals surface area contributed by atoms with Crippen LogP contribution in [0.5, 0.6) is 0 Å². The second-order valence-corrected chi connectivity index (χ2v) is 9.51. The Morgan fingerprint density at radius 3 is 2.65 bits per heavy atom. The molecule has 2 heterocycles. The minimum Gasteiger partial charge on any atom is -0.444 e. The molecule has 0 bridgehead atoms. The first-order chi connectivity index (χ1) is 16.1. The Morgan fingerprint density at radius 1 is 1.29 bits per heavy atom. The van der Waals surface area contributed by atoms with Gasteiger partial charge in [0.1, 0.15) is 11.3 Å².